The molecule has 0 aromatic carbocycles. The molecule has 0 saturated carbocycles. The van der Waals surface area contributed by atoms with Gasteiger partial charge in [-0.25, -0.2) is 0 Å². The van der Waals surface area contributed by atoms with Crippen LogP contribution < -0.4 is 0 Å². The standard InChI is InChI=1S/C11H19O2P/c1-11(13-14)9-7-5-3-2-4-6-8-10-12/h7,9,11-12H,2,4,6,8,10,14H2,1H3/b9-7+. The number of hydrogen-bond acceptors (Lipinski definition) is 2. The highest BCUT2D eigenvalue weighted by molar-refractivity contribution is 7.09. The van der Waals surface area contributed by atoms with E-state index in [2.05, 4.69) is 21.3 Å². The summed E-state index contributed by atoms with van der Waals surface area (Å²) in [7, 11) is 2.22. The van der Waals surface area contributed by atoms with Gasteiger partial charge in [0.25, 0.3) is 0 Å². The van der Waals surface area contributed by atoms with E-state index in [0.717, 1.165) is 25.7 Å². The number of allylic oxidation sites excluding steroid dienone is 1. The molecule has 0 aliphatic rings. The molecule has 2 unspecified atom stereocenters. The second-order valence-corrected chi connectivity index (χ2v) is 3.33. The van der Waals surface area contributed by atoms with Crippen LogP contribution in [0.25, 0.3) is 0 Å². The fourth-order valence-corrected chi connectivity index (χ4v) is 0.953. The van der Waals surface area contributed by atoms with E-state index < -0.39 is 0 Å². The zero-order valence-electron chi connectivity index (χ0n) is 8.70. The molecular formula is C11H19O2P. The molecule has 2 atom stereocenters. The monoisotopic (exact) mass is 214 g/mol. The molecule has 14 heavy (non-hydrogen) atoms. The van der Waals surface area contributed by atoms with E-state index in [0.29, 0.717) is 0 Å². The third kappa shape index (κ3) is 9.74. The van der Waals surface area contributed by atoms with E-state index in [1.54, 1.807) is 0 Å². The van der Waals surface area contributed by atoms with E-state index in [1.165, 1.54) is 0 Å². The van der Waals surface area contributed by atoms with Crippen LogP contribution in [-0.2, 0) is 4.52 Å². The van der Waals surface area contributed by atoms with Gasteiger partial charge < -0.3 is 9.63 Å². The summed E-state index contributed by atoms with van der Waals surface area (Å²) in [6, 6.07) is 0. The topological polar surface area (TPSA) is 29.5 Å². The molecule has 1 N–H and O–H groups in total. The normalized spacial score (nSPS) is 12.5. The molecule has 3 heteroatoms. The van der Waals surface area contributed by atoms with Crippen molar-refractivity contribution in [3.8, 4) is 11.8 Å². The molecule has 80 valence electrons. The van der Waals surface area contributed by atoms with Gasteiger partial charge in [0.2, 0.25) is 0 Å². The zero-order chi connectivity index (χ0) is 10.6. The molecule has 0 heterocycles. The molecule has 2 nitrogen and oxygen atoms in total. The minimum Gasteiger partial charge on any atom is -0.396 e. The number of unbranched alkanes of at least 4 members (excludes halogenated alkanes) is 3. The van der Waals surface area contributed by atoms with Crippen molar-refractivity contribution in [2.75, 3.05) is 6.61 Å². The lowest BCUT2D eigenvalue weighted by atomic mass is 10.2. The summed E-state index contributed by atoms with van der Waals surface area (Å²) in [5.41, 5.74) is 0. The Kier molecular flexibility index (Phi) is 10.5. The molecule has 0 spiro atoms. The van der Waals surface area contributed by atoms with Gasteiger partial charge in [-0.1, -0.05) is 18.3 Å². The van der Waals surface area contributed by atoms with Crippen LogP contribution >= 0.6 is 9.47 Å². The lowest BCUT2D eigenvalue weighted by molar-refractivity contribution is 0.283. The highest BCUT2D eigenvalue weighted by atomic mass is 31.0. The maximum atomic E-state index is 8.53. The maximum Gasteiger partial charge on any atom is 0.0772 e. The second-order valence-electron chi connectivity index (χ2n) is 3.06. The summed E-state index contributed by atoms with van der Waals surface area (Å²) in [6.07, 6.45) is 7.74. The number of aliphatic hydroxyl groups is 1. The van der Waals surface area contributed by atoms with Crippen molar-refractivity contribution in [3.63, 3.8) is 0 Å². The van der Waals surface area contributed by atoms with Crippen molar-refractivity contribution >= 4 is 9.47 Å². The summed E-state index contributed by atoms with van der Waals surface area (Å²) in [5.74, 6) is 5.99. The Hall–Kier alpha value is -0.350. The fourth-order valence-electron chi connectivity index (χ4n) is 0.862. The molecule has 0 aliphatic heterocycles. The van der Waals surface area contributed by atoms with E-state index >= 15 is 0 Å². The molecule has 0 rings (SSSR count). The molecule has 0 aromatic rings. The van der Waals surface area contributed by atoms with Gasteiger partial charge in [0.1, 0.15) is 0 Å². The van der Waals surface area contributed by atoms with Gasteiger partial charge >= 0.3 is 0 Å². The van der Waals surface area contributed by atoms with Crippen LogP contribution in [0.3, 0.4) is 0 Å². The minimum atomic E-state index is 0.101. The van der Waals surface area contributed by atoms with Crippen molar-refractivity contribution in [1.82, 2.24) is 0 Å². The van der Waals surface area contributed by atoms with E-state index in [-0.39, 0.29) is 12.7 Å². The summed E-state index contributed by atoms with van der Waals surface area (Å²) in [4.78, 5) is 0. The molecule has 0 bridgehead atoms. The Bertz CT molecular complexity index is 203. The SMILES string of the molecule is CC(/C=C/C#CCCCCCO)OP. The average molecular weight is 214 g/mol. The first-order valence-electron chi connectivity index (χ1n) is 4.92. The Morgan fingerprint density at radius 1 is 1.43 bits per heavy atom. The first-order chi connectivity index (χ1) is 6.81. The van der Waals surface area contributed by atoms with Crippen LogP contribution in [0.1, 0.15) is 32.6 Å². The van der Waals surface area contributed by atoms with Gasteiger partial charge in [-0.05, 0) is 31.9 Å². The molecule has 0 amide bonds. The molecule has 0 aromatic heterocycles. The molecule has 0 saturated heterocycles. The van der Waals surface area contributed by atoms with Crippen LogP contribution in [0.4, 0.5) is 0 Å². The third-order valence-electron chi connectivity index (χ3n) is 1.73. The van der Waals surface area contributed by atoms with Crippen LogP contribution in [0.5, 0.6) is 0 Å². The first-order valence-corrected chi connectivity index (χ1v) is 5.40. The predicted octanol–water partition coefficient (Wildman–Crippen LogP) is 2.29. The minimum absolute atomic E-state index is 0.101. The summed E-state index contributed by atoms with van der Waals surface area (Å²) < 4.78 is 4.94. The Morgan fingerprint density at radius 2 is 2.21 bits per heavy atom. The van der Waals surface area contributed by atoms with E-state index in [1.807, 2.05) is 19.1 Å². The van der Waals surface area contributed by atoms with E-state index in [4.69, 9.17) is 9.63 Å². The van der Waals surface area contributed by atoms with Gasteiger partial charge in [0.15, 0.2) is 0 Å². The zero-order valence-corrected chi connectivity index (χ0v) is 9.86. The van der Waals surface area contributed by atoms with Crippen LogP contribution in [0.15, 0.2) is 12.2 Å². The van der Waals surface area contributed by atoms with Crippen molar-refractivity contribution in [3.05, 3.63) is 12.2 Å². The van der Waals surface area contributed by atoms with Crippen molar-refractivity contribution in [2.24, 2.45) is 0 Å². The smallest absolute Gasteiger partial charge is 0.0772 e. The summed E-state index contributed by atoms with van der Waals surface area (Å²) in [6.45, 7) is 2.24. The molecule has 0 radical (unpaired) electrons. The van der Waals surface area contributed by atoms with Crippen molar-refractivity contribution < 1.29 is 9.63 Å². The highest BCUT2D eigenvalue weighted by Crippen LogP contribution is 1.98. The van der Waals surface area contributed by atoms with Gasteiger partial charge in [0.05, 0.1) is 6.10 Å². The second kappa shape index (κ2) is 10.7. The lowest BCUT2D eigenvalue weighted by Gasteiger charge is -1.98. The van der Waals surface area contributed by atoms with Gasteiger partial charge in [-0.2, -0.15) is 0 Å². The first kappa shape index (κ1) is 13.7. The fraction of sp³-hybridized carbons (Fsp3) is 0.636. The highest BCUT2D eigenvalue weighted by Gasteiger charge is 1.87. The largest absolute Gasteiger partial charge is 0.396 e. The van der Waals surface area contributed by atoms with Gasteiger partial charge in [0, 0.05) is 22.5 Å². The van der Waals surface area contributed by atoms with Crippen molar-refractivity contribution in [1.29, 1.82) is 0 Å². The predicted molar refractivity (Wildman–Crippen MR) is 62.7 cm³/mol. The average Bonchev–Trinajstić information content (AvgIpc) is 2.21. The summed E-state index contributed by atoms with van der Waals surface area (Å²) in [5, 5.41) is 8.53. The van der Waals surface area contributed by atoms with Gasteiger partial charge in [-0.15, -0.1) is 0 Å². The Morgan fingerprint density at radius 3 is 2.86 bits per heavy atom. The Labute approximate surface area is 89.0 Å². The number of aliphatic hydroxyl groups excluding tert-OH is 1. The lowest BCUT2D eigenvalue weighted by Crippen LogP contribution is -1.93. The van der Waals surface area contributed by atoms with Crippen LogP contribution in [0, 0.1) is 11.8 Å². The Balaban J connectivity index is 3.39. The van der Waals surface area contributed by atoms with Crippen LogP contribution in [0.2, 0.25) is 0 Å². The third-order valence-corrected chi connectivity index (χ3v) is 2.16. The number of hydrogen-bond donors (Lipinski definition) is 1. The summed E-state index contributed by atoms with van der Waals surface area (Å²) >= 11 is 0. The van der Waals surface area contributed by atoms with E-state index in [9.17, 15) is 0 Å². The van der Waals surface area contributed by atoms with Crippen molar-refractivity contribution in [2.45, 2.75) is 38.7 Å². The molecule has 0 fully saturated rings. The molecule has 0 aliphatic carbocycles. The molecular weight excluding hydrogens is 195 g/mol. The van der Waals surface area contributed by atoms with Crippen LogP contribution in [-0.4, -0.2) is 17.8 Å². The van der Waals surface area contributed by atoms with Gasteiger partial charge in [-0.3, -0.25) is 0 Å². The maximum absolute atomic E-state index is 8.53. The number of rotatable bonds is 6. The quantitative estimate of drug-likeness (QED) is 0.417.